The van der Waals surface area contributed by atoms with Gasteiger partial charge in [0.2, 0.25) is 0 Å². The maximum absolute atomic E-state index is 14.4. The molecule has 0 aromatic carbocycles. The lowest BCUT2D eigenvalue weighted by molar-refractivity contribution is -0.150. The molecule has 18 heteroatoms. The second-order valence-corrected chi connectivity index (χ2v) is 13.9. The number of nitrogens with one attached hydrogen (secondary N) is 2. The molecule has 9 atom stereocenters. The molecule has 0 bridgehead atoms. The van der Waals surface area contributed by atoms with Gasteiger partial charge < -0.3 is 39.6 Å². The Hall–Kier alpha value is -2.53. The van der Waals surface area contributed by atoms with Crippen LogP contribution >= 0.6 is 7.67 Å². The van der Waals surface area contributed by atoms with Crippen molar-refractivity contribution in [1.29, 1.82) is 0 Å². The molecule has 0 saturated carbocycles. The third kappa shape index (κ3) is 9.02. The molecule has 6 N–H and O–H groups in total. The van der Waals surface area contributed by atoms with Gasteiger partial charge in [-0.25, -0.2) is 15.2 Å². The van der Waals surface area contributed by atoms with E-state index in [4.69, 9.17) is 24.5 Å². The van der Waals surface area contributed by atoms with E-state index in [0.29, 0.717) is 0 Å². The van der Waals surface area contributed by atoms with E-state index < -0.39 is 87.2 Å². The van der Waals surface area contributed by atoms with Gasteiger partial charge in [0.15, 0.2) is 12.4 Å². The molecule has 16 nitrogen and oxygen atoms in total. The van der Waals surface area contributed by atoms with Crippen molar-refractivity contribution in [2.24, 2.45) is 32.5 Å². The zero-order valence-electron chi connectivity index (χ0n) is 26.0. The largest absolute Gasteiger partial charge is 0.468 e. The molecule has 0 aromatic rings. The Balaban J connectivity index is 1.83. The second kappa shape index (κ2) is 15.2. The Bertz CT molecular complexity index is 1170. The van der Waals surface area contributed by atoms with Crippen LogP contribution in [0.2, 0.25) is 0 Å². The summed E-state index contributed by atoms with van der Waals surface area (Å²) in [7, 11) is -3.12. The van der Waals surface area contributed by atoms with E-state index in [0.717, 1.165) is 0 Å². The molecule has 1 saturated heterocycles. The molecule has 0 radical (unpaired) electrons. The lowest BCUT2D eigenvalue weighted by Crippen LogP contribution is -2.51. The molecule has 4 unspecified atom stereocenters. The van der Waals surface area contributed by atoms with E-state index in [2.05, 4.69) is 25.2 Å². The number of nitrogens with two attached hydrogens (primary N) is 1. The summed E-state index contributed by atoms with van der Waals surface area (Å²) in [6.07, 6.45) is -6.41. The molecule has 3 rings (SSSR count). The SMILES string of the molecule is COC(=O)[C@H](CC(C)C)NP(=O)(N[C@@H](CC(C)C)C(=O)OC(C)C)OC[C@H]1O[C@@H](N2C=NC3C(N)=NC(F)=NC32)[C@H](O)C1O. The number of carbonyl (C=O) groups is 2. The van der Waals surface area contributed by atoms with Gasteiger partial charge in [0.1, 0.15) is 42.3 Å². The second-order valence-electron chi connectivity index (χ2n) is 12.0. The minimum absolute atomic E-state index is 0.0226. The molecule has 0 aliphatic carbocycles. The number of nitrogens with zero attached hydrogens (tertiary/aromatic N) is 4. The number of esters is 2. The van der Waals surface area contributed by atoms with Gasteiger partial charge in [0, 0.05) is 0 Å². The van der Waals surface area contributed by atoms with Gasteiger partial charge in [0.05, 0.1) is 26.2 Å². The summed E-state index contributed by atoms with van der Waals surface area (Å²) in [6.45, 7) is 10.2. The molecular weight excluding hydrogens is 604 g/mol. The van der Waals surface area contributed by atoms with E-state index >= 15 is 0 Å². The van der Waals surface area contributed by atoms with Crippen LogP contribution in [0.15, 0.2) is 15.0 Å². The quantitative estimate of drug-likeness (QED) is 0.0924. The number of methoxy groups -OCH3 is 1. The van der Waals surface area contributed by atoms with Gasteiger partial charge in [-0.15, -0.1) is 0 Å². The Labute approximate surface area is 256 Å². The predicted octanol–water partition coefficient (Wildman–Crippen LogP) is 0.426. The highest BCUT2D eigenvalue weighted by molar-refractivity contribution is 7.54. The van der Waals surface area contributed by atoms with Crippen molar-refractivity contribution < 1.29 is 47.5 Å². The van der Waals surface area contributed by atoms with Crippen LogP contribution in [0.5, 0.6) is 0 Å². The van der Waals surface area contributed by atoms with Gasteiger partial charge in [-0.05, 0) is 38.5 Å². The lowest BCUT2D eigenvalue weighted by Gasteiger charge is -2.32. The molecule has 250 valence electrons. The van der Waals surface area contributed by atoms with Crippen LogP contribution in [0.3, 0.4) is 0 Å². The summed E-state index contributed by atoms with van der Waals surface area (Å²) < 4.78 is 50.2. The fraction of sp³-hybridized carbons (Fsp3) is 0.808. The maximum Gasteiger partial charge on any atom is 0.342 e. The summed E-state index contributed by atoms with van der Waals surface area (Å²) in [6, 6.07) is -2.99. The average molecular weight is 650 g/mol. The summed E-state index contributed by atoms with van der Waals surface area (Å²) in [5.41, 5.74) is 5.78. The standard InChI is InChI=1S/C26H45FN7O9P/c1-12(2)8-15(24(37)40-7)32-44(39,33-16(9-13(3)4)25(38)42-14(5)6)41-10-17-19(35)20(36)23(43-17)34-11-29-18-21(28)30-26(27)31-22(18)34/h11-20,22-23,35-36H,8-10H2,1-7H3,(H2,28,30,31)(H2,32,33,39)/t15-,16-,17+,18?,19?,20+,22?,23+,44?/m0/s1. The number of amidine groups is 2. The van der Waals surface area contributed by atoms with Crippen LogP contribution in [0.1, 0.15) is 54.4 Å². The number of aliphatic hydroxyl groups is 2. The van der Waals surface area contributed by atoms with E-state index in [1.165, 1.54) is 18.3 Å². The summed E-state index contributed by atoms with van der Waals surface area (Å²) in [5.74, 6) is -1.53. The van der Waals surface area contributed by atoms with Crippen LogP contribution in [-0.4, -0.2) is 114 Å². The molecule has 3 aliphatic rings. The molecule has 1 fully saturated rings. The van der Waals surface area contributed by atoms with Crippen molar-refractivity contribution in [3.8, 4) is 0 Å². The smallest absolute Gasteiger partial charge is 0.342 e. The first-order valence-corrected chi connectivity index (χ1v) is 16.2. The minimum atomic E-state index is -4.31. The van der Waals surface area contributed by atoms with Crippen LogP contribution in [-0.2, 0) is 32.9 Å². The van der Waals surface area contributed by atoms with E-state index in [1.54, 1.807) is 13.8 Å². The Morgan fingerprint density at radius 3 is 2.23 bits per heavy atom. The van der Waals surface area contributed by atoms with E-state index in [-0.39, 0.29) is 30.5 Å². The summed E-state index contributed by atoms with van der Waals surface area (Å²) >= 11 is 0. The summed E-state index contributed by atoms with van der Waals surface area (Å²) in [5, 5.41) is 27.1. The van der Waals surface area contributed by atoms with Gasteiger partial charge in [-0.1, -0.05) is 27.7 Å². The van der Waals surface area contributed by atoms with Crippen molar-refractivity contribution in [1.82, 2.24) is 15.1 Å². The first-order valence-electron chi connectivity index (χ1n) is 14.5. The van der Waals surface area contributed by atoms with E-state index in [1.807, 2.05) is 27.7 Å². The molecule has 0 aromatic heterocycles. The zero-order chi connectivity index (χ0) is 32.9. The number of ether oxygens (including phenoxy) is 3. The third-order valence-electron chi connectivity index (χ3n) is 6.95. The minimum Gasteiger partial charge on any atom is -0.468 e. The molecule has 0 amide bonds. The van der Waals surface area contributed by atoms with Crippen molar-refractivity contribution in [2.75, 3.05) is 13.7 Å². The van der Waals surface area contributed by atoms with Gasteiger partial charge in [0.25, 0.3) is 0 Å². The first-order chi connectivity index (χ1) is 20.5. The number of aliphatic imine (C=N–C) groups is 3. The number of halogens is 1. The molecular formula is C26H45FN7O9P. The molecule has 3 heterocycles. The van der Waals surface area contributed by atoms with Crippen LogP contribution in [0, 0.1) is 11.8 Å². The normalized spacial score (nSPS) is 29.3. The number of hydrogen-bond acceptors (Lipinski definition) is 14. The number of hydrogen-bond donors (Lipinski definition) is 5. The average Bonchev–Trinajstić information content (AvgIpc) is 3.46. The van der Waals surface area contributed by atoms with Crippen LogP contribution in [0.25, 0.3) is 0 Å². The van der Waals surface area contributed by atoms with Crippen LogP contribution < -0.4 is 15.9 Å². The highest BCUT2D eigenvalue weighted by Gasteiger charge is 2.51. The number of aliphatic hydroxyl groups excluding tert-OH is 2. The number of rotatable bonds is 15. The first kappa shape index (κ1) is 35.9. The Morgan fingerprint density at radius 1 is 1.09 bits per heavy atom. The Morgan fingerprint density at radius 2 is 1.68 bits per heavy atom. The fourth-order valence-corrected chi connectivity index (χ4v) is 6.79. The monoisotopic (exact) mass is 649 g/mol. The predicted molar refractivity (Wildman–Crippen MR) is 158 cm³/mol. The molecule has 0 spiro atoms. The van der Waals surface area contributed by atoms with Crippen molar-refractivity contribution in [2.45, 2.75) is 109 Å². The highest BCUT2D eigenvalue weighted by atomic mass is 31.2. The zero-order valence-corrected chi connectivity index (χ0v) is 26.9. The van der Waals surface area contributed by atoms with E-state index in [9.17, 15) is 28.8 Å². The molecule has 44 heavy (non-hydrogen) atoms. The molecule has 3 aliphatic heterocycles. The lowest BCUT2D eigenvalue weighted by atomic mass is 10.0. The van der Waals surface area contributed by atoms with Crippen LogP contribution in [0.4, 0.5) is 4.39 Å². The van der Waals surface area contributed by atoms with Gasteiger partial charge in [-0.3, -0.25) is 19.1 Å². The van der Waals surface area contributed by atoms with Gasteiger partial charge in [-0.2, -0.15) is 9.38 Å². The van der Waals surface area contributed by atoms with Gasteiger partial charge >= 0.3 is 25.7 Å². The summed E-state index contributed by atoms with van der Waals surface area (Å²) in [4.78, 5) is 38.3. The van der Waals surface area contributed by atoms with Crippen molar-refractivity contribution >= 4 is 37.9 Å². The maximum atomic E-state index is 14.4. The topological polar surface area (TPSA) is 219 Å². The number of carbonyl (C=O) groups excluding carboxylic acids is 2. The fourth-order valence-electron chi connectivity index (χ4n) is 4.97. The number of fused-ring (bicyclic) bond motifs is 1. The third-order valence-corrected chi connectivity index (χ3v) is 8.77. The van der Waals surface area contributed by atoms with Crippen molar-refractivity contribution in [3.05, 3.63) is 0 Å². The highest BCUT2D eigenvalue weighted by Crippen LogP contribution is 2.42. The van der Waals surface area contributed by atoms with Crippen molar-refractivity contribution in [3.63, 3.8) is 0 Å². The Kier molecular flexibility index (Phi) is 12.4.